The Bertz CT molecular complexity index is 675. The third-order valence-electron chi connectivity index (χ3n) is 4.61. The molecule has 4 heteroatoms. The predicted molar refractivity (Wildman–Crippen MR) is 100 cm³/mol. The molecule has 1 unspecified atom stereocenters. The van der Waals surface area contributed by atoms with E-state index in [1.54, 1.807) is 0 Å². The SMILES string of the molecule is C[C@@H]1C[C@H](C)C[NH+](CC(=O)Nc2ccc(Oc3ccccc3)cc2)C1. The van der Waals surface area contributed by atoms with Gasteiger partial charge in [0.2, 0.25) is 0 Å². The lowest BCUT2D eigenvalue weighted by atomic mass is 9.92. The van der Waals surface area contributed by atoms with Crippen LogP contribution in [-0.2, 0) is 4.79 Å². The van der Waals surface area contributed by atoms with Crippen LogP contribution in [0.2, 0.25) is 0 Å². The number of para-hydroxylation sites is 1. The van der Waals surface area contributed by atoms with Crippen molar-refractivity contribution in [2.75, 3.05) is 25.0 Å². The van der Waals surface area contributed by atoms with Gasteiger partial charge in [0.1, 0.15) is 11.5 Å². The second-order valence-corrected chi connectivity index (χ2v) is 7.27. The summed E-state index contributed by atoms with van der Waals surface area (Å²) in [5, 5.41) is 2.99. The fourth-order valence-electron chi connectivity index (χ4n) is 3.73. The van der Waals surface area contributed by atoms with Gasteiger partial charge in [-0.3, -0.25) is 4.79 Å². The van der Waals surface area contributed by atoms with Gasteiger partial charge in [-0.25, -0.2) is 0 Å². The standard InChI is InChI=1S/C21H26N2O2/c1-16-12-17(2)14-23(13-16)15-21(24)22-18-8-10-20(11-9-18)25-19-6-4-3-5-7-19/h3-11,16-17H,12-15H2,1-2H3,(H,22,24)/p+1/t16-,17+. The normalized spacial score (nSPS) is 23.0. The number of quaternary nitrogens is 1. The van der Waals surface area contributed by atoms with Crippen LogP contribution >= 0.6 is 0 Å². The van der Waals surface area contributed by atoms with Crippen LogP contribution < -0.4 is 15.0 Å². The first-order valence-electron chi connectivity index (χ1n) is 9.05. The van der Waals surface area contributed by atoms with E-state index in [2.05, 4.69) is 19.2 Å². The minimum atomic E-state index is 0.0769. The quantitative estimate of drug-likeness (QED) is 0.879. The molecule has 1 aliphatic rings. The van der Waals surface area contributed by atoms with Crippen molar-refractivity contribution in [3.8, 4) is 11.5 Å². The highest BCUT2D eigenvalue weighted by Gasteiger charge is 2.26. The molecule has 0 aromatic heterocycles. The topological polar surface area (TPSA) is 42.8 Å². The van der Waals surface area contributed by atoms with Gasteiger partial charge in [0, 0.05) is 17.5 Å². The minimum absolute atomic E-state index is 0.0769. The number of ether oxygens (including phenoxy) is 1. The molecule has 0 radical (unpaired) electrons. The van der Waals surface area contributed by atoms with Crippen LogP contribution in [0, 0.1) is 11.8 Å². The molecule has 1 aliphatic heterocycles. The maximum absolute atomic E-state index is 12.3. The Hall–Kier alpha value is -2.33. The predicted octanol–water partition coefficient (Wildman–Crippen LogP) is 2.98. The molecular formula is C21H27N2O2+. The van der Waals surface area contributed by atoms with Crippen LogP contribution in [0.4, 0.5) is 5.69 Å². The number of amides is 1. The molecule has 0 saturated carbocycles. The minimum Gasteiger partial charge on any atom is -0.457 e. The summed E-state index contributed by atoms with van der Waals surface area (Å²) in [6.07, 6.45) is 1.27. The summed E-state index contributed by atoms with van der Waals surface area (Å²) in [5.41, 5.74) is 0.808. The molecule has 3 atom stereocenters. The third kappa shape index (κ3) is 5.33. The van der Waals surface area contributed by atoms with E-state index in [0.29, 0.717) is 18.4 Å². The zero-order chi connectivity index (χ0) is 17.6. The van der Waals surface area contributed by atoms with E-state index in [9.17, 15) is 4.79 Å². The molecule has 1 saturated heterocycles. The molecule has 2 N–H and O–H groups in total. The summed E-state index contributed by atoms with van der Waals surface area (Å²) in [5.74, 6) is 3.03. The van der Waals surface area contributed by atoms with Gasteiger partial charge in [0.25, 0.3) is 5.91 Å². The summed E-state index contributed by atoms with van der Waals surface area (Å²) >= 11 is 0. The summed E-state index contributed by atoms with van der Waals surface area (Å²) in [6.45, 7) is 7.26. The molecule has 3 rings (SSSR count). The van der Waals surface area contributed by atoms with Gasteiger partial charge in [0.05, 0.1) is 13.1 Å². The first-order valence-corrected chi connectivity index (χ1v) is 9.05. The lowest BCUT2D eigenvalue weighted by molar-refractivity contribution is -0.904. The number of hydrogen-bond acceptors (Lipinski definition) is 2. The molecule has 1 amide bonds. The smallest absolute Gasteiger partial charge is 0.279 e. The van der Waals surface area contributed by atoms with Crippen LogP contribution in [0.15, 0.2) is 54.6 Å². The Kier molecular flexibility index (Phi) is 5.71. The highest BCUT2D eigenvalue weighted by molar-refractivity contribution is 5.91. The molecule has 0 spiro atoms. The van der Waals surface area contributed by atoms with E-state index in [-0.39, 0.29) is 5.91 Å². The van der Waals surface area contributed by atoms with E-state index in [1.165, 1.54) is 11.3 Å². The fraction of sp³-hybridized carbons (Fsp3) is 0.381. The number of likely N-dealkylation sites (tertiary alicyclic amines) is 1. The second-order valence-electron chi connectivity index (χ2n) is 7.27. The zero-order valence-corrected chi connectivity index (χ0v) is 15.0. The molecule has 2 aromatic carbocycles. The lowest BCUT2D eigenvalue weighted by Gasteiger charge is -2.31. The highest BCUT2D eigenvalue weighted by Crippen LogP contribution is 2.22. The number of piperidine rings is 1. The average molecular weight is 339 g/mol. The summed E-state index contributed by atoms with van der Waals surface area (Å²) < 4.78 is 5.77. The number of benzene rings is 2. The van der Waals surface area contributed by atoms with Crippen LogP contribution in [0.5, 0.6) is 11.5 Å². The van der Waals surface area contributed by atoms with E-state index in [1.807, 2.05) is 54.6 Å². The highest BCUT2D eigenvalue weighted by atomic mass is 16.5. The Morgan fingerprint density at radius 3 is 2.24 bits per heavy atom. The van der Waals surface area contributed by atoms with Crippen molar-refractivity contribution < 1.29 is 14.4 Å². The molecular weight excluding hydrogens is 312 g/mol. The van der Waals surface area contributed by atoms with E-state index < -0.39 is 0 Å². The van der Waals surface area contributed by atoms with Crippen molar-refractivity contribution in [3.05, 3.63) is 54.6 Å². The van der Waals surface area contributed by atoms with Gasteiger partial charge < -0.3 is 15.0 Å². The molecule has 4 nitrogen and oxygen atoms in total. The largest absolute Gasteiger partial charge is 0.457 e. The first kappa shape index (κ1) is 17.5. The lowest BCUT2D eigenvalue weighted by Crippen LogP contribution is -3.15. The Morgan fingerprint density at radius 1 is 1.00 bits per heavy atom. The summed E-state index contributed by atoms with van der Waals surface area (Å²) in [4.78, 5) is 13.7. The van der Waals surface area contributed by atoms with Gasteiger partial charge in [-0.15, -0.1) is 0 Å². The summed E-state index contributed by atoms with van der Waals surface area (Å²) in [6, 6.07) is 17.2. The number of nitrogens with one attached hydrogen (secondary N) is 2. The van der Waals surface area contributed by atoms with Crippen molar-refractivity contribution >= 4 is 11.6 Å². The average Bonchev–Trinajstić information content (AvgIpc) is 2.56. The molecule has 2 aromatic rings. The molecule has 1 heterocycles. The molecule has 0 aliphatic carbocycles. The number of rotatable bonds is 5. The Balaban J connectivity index is 1.51. The number of anilines is 1. The first-order chi connectivity index (χ1) is 12.1. The van der Waals surface area contributed by atoms with E-state index in [4.69, 9.17) is 4.74 Å². The molecule has 25 heavy (non-hydrogen) atoms. The van der Waals surface area contributed by atoms with Crippen molar-refractivity contribution in [3.63, 3.8) is 0 Å². The van der Waals surface area contributed by atoms with Gasteiger partial charge in [-0.1, -0.05) is 32.0 Å². The van der Waals surface area contributed by atoms with Crippen molar-refractivity contribution in [1.29, 1.82) is 0 Å². The van der Waals surface area contributed by atoms with E-state index >= 15 is 0 Å². The van der Waals surface area contributed by atoms with Crippen LogP contribution in [0.1, 0.15) is 20.3 Å². The third-order valence-corrected chi connectivity index (χ3v) is 4.61. The monoisotopic (exact) mass is 339 g/mol. The van der Waals surface area contributed by atoms with Gasteiger partial charge in [-0.2, -0.15) is 0 Å². The zero-order valence-electron chi connectivity index (χ0n) is 15.0. The van der Waals surface area contributed by atoms with Crippen LogP contribution in [0.3, 0.4) is 0 Å². The maximum atomic E-state index is 12.3. The van der Waals surface area contributed by atoms with Gasteiger partial charge in [-0.05, 0) is 42.8 Å². The fourth-order valence-corrected chi connectivity index (χ4v) is 3.73. The van der Waals surface area contributed by atoms with E-state index in [0.717, 1.165) is 30.3 Å². The Morgan fingerprint density at radius 2 is 1.60 bits per heavy atom. The second kappa shape index (κ2) is 8.17. The molecule has 1 fully saturated rings. The molecule has 0 bridgehead atoms. The maximum Gasteiger partial charge on any atom is 0.279 e. The van der Waals surface area contributed by atoms with Crippen molar-refractivity contribution in [2.45, 2.75) is 20.3 Å². The van der Waals surface area contributed by atoms with Gasteiger partial charge >= 0.3 is 0 Å². The number of carbonyl (C=O) groups excluding carboxylic acids is 1. The number of carbonyl (C=O) groups is 1. The summed E-state index contributed by atoms with van der Waals surface area (Å²) in [7, 11) is 0. The van der Waals surface area contributed by atoms with Gasteiger partial charge in [0.15, 0.2) is 6.54 Å². The Labute approximate surface area is 149 Å². The van der Waals surface area contributed by atoms with Crippen LogP contribution in [-0.4, -0.2) is 25.5 Å². The molecule has 132 valence electrons. The van der Waals surface area contributed by atoms with Crippen molar-refractivity contribution in [1.82, 2.24) is 0 Å². The van der Waals surface area contributed by atoms with Crippen LogP contribution in [0.25, 0.3) is 0 Å². The number of hydrogen-bond donors (Lipinski definition) is 2. The van der Waals surface area contributed by atoms with Crippen molar-refractivity contribution in [2.24, 2.45) is 11.8 Å².